The van der Waals surface area contributed by atoms with Crippen LogP contribution in [0.25, 0.3) is 0 Å². The zero-order valence-corrected chi connectivity index (χ0v) is 8.33. The molecule has 0 atom stereocenters. The molecule has 0 unspecified atom stereocenters. The van der Waals surface area contributed by atoms with E-state index in [1.807, 2.05) is 0 Å². The Bertz CT molecular complexity index is 362. The quantitative estimate of drug-likeness (QED) is 0.620. The molecule has 1 aliphatic heterocycles. The molecule has 0 aliphatic carbocycles. The SMILES string of the molecule is Oc1cc(C2CCNCC2)c(O)cc1F. The van der Waals surface area contributed by atoms with E-state index >= 15 is 0 Å². The number of phenols is 2. The summed E-state index contributed by atoms with van der Waals surface area (Å²) in [7, 11) is 0. The van der Waals surface area contributed by atoms with Gasteiger partial charge in [-0.15, -0.1) is 0 Å². The molecule has 15 heavy (non-hydrogen) atoms. The summed E-state index contributed by atoms with van der Waals surface area (Å²) in [6.07, 6.45) is 1.80. The maximum Gasteiger partial charge on any atom is 0.168 e. The van der Waals surface area contributed by atoms with Crippen LogP contribution >= 0.6 is 0 Å². The van der Waals surface area contributed by atoms with Crippen molar-refractivity contribution in [3.63, 3.8) is 0 Å². The van der Waals surface area contributed by atoms with Crippen molar-refractivity contribution >= 4 is 0 Å². The molecule has 82 valence electrons. The van der Waals surface area contributed by atoms with E-state index < -0.39 is 5.82 Å². The molecule has 1 heterocycles. The molecule has 4 heteroatoms. The van der Waals surface area contributed by atoms with Crippen LogP contribution in [0.1, 0.15) is 24.3 Å². The van der Waals surface area contributed by atoms with Gasteiger partial charge in [-0.05, 0) is 37.9 Å². The molecular formula is C11H14FNO2. The van der Waals surface area contributed by atoms with Crippen molar-refractivity contribution in [1.29, 1.82) is 0 Å². The van der Waals surface area contributed by atoms with Crippen LogP contribution in [0, 0.1) is 5.82 Å². The summed E-state index contributed by atoms with van der Waals surface area (Å²) in [5, 5.41) is 22.1. The van der Waals surface area contributed by atoms with Crippen molar-refractivity contribution in [2.75, 3.05) is 13.1 Å². The molecule has 0 radical (unpaired) electrons. The third-order valence-corrected chi connectivity index (χ3v) is 2.88. The normalized spacial score (nSPS) is 17.9. The minimum atomic E-state index is -0.773. The fourth-order valence-electron chi connectivity index (χ4n) is 2.03. The molecule has 0 saturated carbocycles. The van der Waals surface area contributed by atoms with Gasteiger partial charge in [-0.25, -0.2) is 4.39 Å². The van der Waals surface area contributed by atoms with Gasteiger partial charge < -0.3 is 15.5 Å². The second-order valence-corrected chi connectivity index (χ2v) is 3.89. The van der Waals surface area contributed by atoms with Crippen LogP contribution in [-0.4, -0.2) is 23.3 Å². The minimum absolute atomic E-state index is 0.0581. The molecule has 1 aromatic carbocycles. The zero-order chi connectivity index (χ0) is 10.8. The number of piperidine rings is 1. The van der Waals surface area contributed by atoms with E-state index in [1.165, 1.54) is 6.07 Å². The number of aromatic hydroxyl groups is 2. The Morgan fingerprint density at radius 1 is 1.13 bits per heavy atom. The number of rotatable bonds is 1. The molecule has 2 rings (SSSR count). The van der Waals surface area contributed by atoms with Crippen molar-refractivity contribution in [3.8, 4) is 11.5 Å². The van der Waals surface area contributed by atoms with Crippen LogP contribution < -0.4 is 5.32 Å². The summed E-state index contributed by atoms with van der Waals surface area (Å²) < 4.78 is 12.9. The lowest BCUT2D eigenvalue weighted by Crippen LogP contribution is -2.26. The summed E-state index contributed by atoms with van der Waals surface area (Å²) in [5.41, 5.74) is 0.649. The van der Waals surface area contributed by atoms with Crippen LogP contribution in [-0.2, 0) is 0 Å². The lowest BCUT2D eigenvalue weighted by Gasteiger charge is -2.23. The Morgan fingerprint density at radius 3 is 2.47 bits per heavy atom. The van der Waals surface area contributed by atoms with Gasteiger partial charge in [0.15, 0.2) is 11.6 Å². The highest BCUT2D eigenvalue weighted by molar-refractivity contribution is 5.42. The Balaban J connectivity index is 2.30. The maximum absolute atomic E-state index is 12.9. The first-order valence-corrected chi connectivity index (χ1v) is 5.10. The van der Waals surface area contributed by atoms with E-state index in [1.54, 1.807) is 0 Å². The zero-order valence-electron chi connectivity index (χ0n) is 8.33. The van der Waals surface area contributed by atoms with Crippen LogP contribution in [0.15, 0.2) is 12.1 Å². The van der Waals surface area contributed by atoms with Gasteiger partial charge in [0.2, 0.25) is 0 Å². The van der Waals surface area contributed by atoms with Crippen molar-refractivity contribution in [3.05, 3.63) is 23.5 Å². The van der Waals surface area contributed by atoms with Gasteiger partial charge in [-0.1, -0.05) is 0 Å². The Labute approximate surface area is 87.6 Å². The van der Waals surface area contributed by atoms with E-state index in [2.05, 4.69) is 5.32 Å². The molecule has 3 nitrogen and oxygen atoms in total. The van der Waals surface area contributed by atoms with Crippen molar-refractivity contribution in [1.82, 2.24) is 5.32 Å². The Hall–Kier alpha value is -1.29. The van der Waals surface area contributed by atoms with Crippen LogP contribution in [0.4, 0.5) is 4.39 Å². The second-order valence-electron chi connectivity index (χ2n) is 3.89. The largest absolute Gasteiger partial charge is 0.508 e. The summed E-state index contributed by atoms with van der Waals surface area (Å²) in [6, 6.07) is 2.31. The highest BCUT2D eigenvalue weighted by Crippen LogP contribution is 2.35. The average Bonchev–Trinajstić information content (AvgIpc) is 2.25. The molecular weight excluding hydrogens is 197 g/mol. The summed E-state index contributed by atoms with van der Waals surface area (Å²) in [4.78, 5) is 0. The van der Waals surface area contributed by atoms with E-state index in [4.69, 9.17) is 0 Å². The topological polar surface area (TPSA) is 52.5 Å². The number of nitrogens with one attached hydrogen (secondary N) is 1. The monoisotopic (exact) mass is 211 g/mol. The first-order chi connectivity index (χ1) is 7.18. The van der Waals surface area contributed by atoms with Gasteiger partial charge >= 0.3 is 0 Å². The Kier molecular flexibility index (Phi) is 2.77. The number of hydrogen-bond donors (Lipinski definition) is 3. The van der Waals surface area contributed by atoms with E-state index in [0.29, 0.717) is 5.56 Å². The van der Waals surface area contributed by atoms with Crippen molar-refractivity contribution < 1.29 is 14.6 Å². The van der Waals surface area contributed by atoms with E-state index in [9.17, 15) is 14.6 Å². The van der Waals surface area contributed by atoms with Crippen LogP contribution in [0.3, 0.4) is 0 Å². The van der Waals surface area contributed by atoms with Gasteiger partial charge in [0.05, 0.1) is 0 Å². The smallest absolute Gasteiger partial charge is 0.168 e. The van der Waals surface area contributed by atoms with Crippen molar-refractivity contribution in [2.45, 2.75) is 18.8 Å². The molecule has 1 aromatic rings. The number of benzene rings is 1. The van der Waals surface area contributed by atoms with Gasteiger partial charge in [0.25, 0.3) is 0 Å². The molecule has 1 saturated heterocycles. The van der Waals surface area contributed by atoms with E-state index in [0.717, 1.165) is 32.0 Å². The summed E-state index contributed by atoms with van der Waals surface area (Å²) in [6.45, 7) is 1.78. The molecule has 1 fully saturated rings. The molecule has 0 bridgehead atoms. The lowest BCUT2D eigenvalue weighted by atomic mass is 9.89. The third-order valence-electron chi connectivity index (χ3n) is 2.88. The van der Waals surface area contributed by atoms with Gasteiger partial charge in [-0.2, -0.15) is 0 Å². The molecule has 0 amide bonds. The molecule has 0 aromatic heterocycles. The highest BCUT2D eigenvalue weighted by Gasteiger charge is 2.20. The average molecular weight is 211 g/mol. The molecule has 3 N–H and O–H groups in total. The number of halogens is 1. The predicted molar refractivity (Wildman–Crippen MR) is 54.6 cm³/mol. The number of hydrogen-bond acceptors (Lipinski definition) is 3. The van der Waals surface area contributed by atoms with Gasteiger partial charge in [0, 0.05) is 11.6 Å². The third kappa shape index (κ3) is 2.04. The summed E-state index contributed by atoms with van der Waals surface area (Å²) >= 11 is 0. The van der Waals surface area contributed by atoms with Crippen molar-refractivity contribution in [2.24, 2.45) is 0 Å². The Morgan fingerprint density at radius 2 is 1.80 bits per heavy atom. The molecule has 1 aliphatic rings. The fourth-order valence-corrected chi connectivity index (χ4v) is 2.03. The first-order valence-electron chi connectivity index (χ1n) is 5.10. The predicted octanol–water partition coefficient (Wildman–Crippen LogP) is 1.70. The first kappa shape index (κ1) is 10.2. The van der Waals surface area contributed by atoms with Gasteiger partial charge in [0.1, 0.15) is 5.75 Å². The fraction of sp³-hybridized carbons (Fsp3) is 0.455. The highest BCUT2D eigenvalue weighted by atomic mass is 19.1. The maximum atomic E-state index is 12.9. The van der Waals surface area contributed by atoms with Crippen LogP contribution in [0.2, 0.25) is 0 Å². The van der Waals surface area contributed by atoms with Crippen LogP contribution in [0.5, 0.6) is 11.5 Å². The minimum Gasteiger partial charge on any atom is -0.508 e. The lowest BCUT2D eigenvalue weighted by molar-refractivity contribution is 0.400. The molecule has 0 spiro atoms. The summed E-state index contributed by atoms with van der Waals surface area (Å²) in [5.74, 6) is -1.01. The second kappa shape index (κ2) is 4.06. The number of phenolic OH excluding ortho intramolecular Hbond substituents is 2. The standard InChI is InChI=1S/C11H14FNO2/c12-9-6-10(14)8(5-11(9)15)7-1-3-13-4-2-7/h5-7,13-15H,1-4H2. The van der Waals surface area contributed by atoms with Gasteiger partial charge in [-0.3, -0.25) is 0 Å². The van der Waals surface area contributed by atoms with E-state index in [-0.39, 0.29) is 17.4 Å².